The number of anilines is 1. The van der Waals surface area contributed by atoms with Crippen LogP contribution in [-0.4, -0.2) is 15.7 Å². The molecule has 3 aromatic carbocycles. The van der Waals surface area contributed by atoms with Crippen molar-refractivity contribution in [3.63, 3.8) is 0 Å². The Morgan fingerprint density at radius 3 is 2.50 bits per heavy atom. The third-order valence-electron chi connectivity index (χ3n) is 5.35. The van der Waals surface area contributed by atoms with Crippen molar-refractivity contribution in [3.8, 4) is 5.75 Å². The van der Waals surface area contributed by atoms with Gasteiger partial charge in [0.2, 0.25) is 0 Å². The van der Waals surface area contributed by atoms with E-state index in [-0.39, 0.29) is 11.7 Å². The lowest BCUT2D eigenvalue weighted by molar-refractivity contribution is 0.102. The fraction of sp³-hybridized carbons (Fsp3) is 0.154. The monoisotopic (exact) mass is 497 g/mol. The summed E-state index contributed by atoms with van der Waals surface area (Å²) in [7, 11) is 0. The largest absolute Gasteiger partial charge is 0.487 e. The van der Waals surface area contributed by atoms with E-state index in [0.717, 1.165) is 16.8 Å². The van der Waals surface area contributed by atoms with Gasteiger partial charge in [-0.1, -0.05) is 47.5 Å². The minimum absolute atomic E-state index is 0.246. The van der Waals surface area contributed by atoms with Gasteiger partial charge in [-0.3, -0.25) is 9.48 Å². The second-order valence-corrected chi connectivity index (χ2v) is 8.69. The summed E-state index contributed by atoms with van der Waals surface area (Å²) in [6.07, 6.45) is 0. The highest BCUT2D eigenvalue weighted by atomic mass is 35.5. The maximum Gasteiger partial charge on any atom is 0.255 e. The molecule has 0 atom stereocenters. The molecule has 174 valence electrons. The third kappa shape index (κ3) is 5.58. The molecule has 4 rings (SSSR count). The second kappa shape index (κ2) is 10.3. The molecule has 0 bridgehead atoms. The van der Waals surface area contributed by atoms with Crippen LogP contribution in [0, 0.1) is 19.7 Å². The molecule has 0 radical (unpaired) electrons. The van der Waals surface area contributed by atoms with Crippen molar-refractivity contribution in [2.75, 3.05) is 5.32 Å². The molecule has 0 fully saturated rings. The molecule has 0 aliphatic rings. The Morgan fingerprint density at radius 1 is 1.03 bits per heavy atom. The normalized spacial score (nSPS) is 10.9. The predicted octanol–water partition coefficient (Wildman–Crippen LogP) is 6.83. The quantitative estimate of drug-likeness (QED) is 0.304. The number of aryl methyl sites for hydroxylation is 1. The lowest BCUT2D eigenvalue weighted by atomic mass is 10.1. The summed E-state index contributed by atoms with van der Waals surface area (Å²) in [5.74, 6) is -0.00326. The minimum atomic E-state index is -0.294. The standard InChI is InChI=1S/C26H22Cl2FN3O2/c1-16-25(17(2)32(31-16)14-19-4-3-5-22(29)12-19)30-26(33)20-8-6-18(7-9-20)15-34-24-11-10-21(27)13-23(24)28/h3-13H,14-15H2,1-2H3,(H,30,33). The first-order valence-electron chi connectivity index (χ1n) is 10.6. The van der Waals surface area contributed by atoms with Gasteiger partial charge >= 0.3 is 0 Å². The highest BCUT2D eigenvalue weighted by Gasteiger charge is 2.16. The zero-order chi connectivity index (χ0) is 24.2. The van der Waals surface area contributed by atoms with Crippen molar-refractivity contribution >= 4 is 34.8 Å². The number of nitrogens with zero attached hydrogens (tertiary/aromatic N) is 2. The van der Waals surface area contributed by atoms with Gasteiger partial charge < -0.3 is 10.1 Å². The van der Waals surface area contributed by atoms with Crippen LogP contribution in [0.15, 0.2) is 66.7 Å². The van der Waals surface area contributed by atoms with Gasteiger partial charge in [-0.2, -0.15) is 5.10 Å². The SMILES string of the molecule is Cc1nn(Cc2cccc(F)c2)c(C)c1NC(=O)c1ccc(COc2ccc(Cl)cc2Cl)cc1. The van der Waals surface area contributed by atoms with E-state index >= 15 is 0 Å². The molecule has 0 saturated carbocycles. The molecular formula is C26H22Cl2FN3O2. The number of hydrogen-bond donors (Lipinski definition) is 1. The van der Waals surface area contributed by atoms with Crippen LogP contribution in [0.3, 0.4) is 0 Å². The van der Waals surface area contributed by atoms with Gasteiger partial charge in [-0.05, 0) is 67.4 Å². The average Bonchev–Trinajstić information content (AvgIpc) is 3.06. The van der Waals surface area contributed by atoms with E-state index in [1.165, 1.54) is 12.1 Å². The van der Waals surface area contributed by atoms with Crippen LogP contribution < -0.4 is 10.1 Å². The molecule has 8 heteroatoms. The first-order chi connectivity index (χ1) is 16.3. The fourth-order valence-electron chi connectivity index (χ4n) is 3.53. The van der Waals surface area contributed by atoms with E-state index in [2.05, 4.69) is 10.4 Å². The Labute approximate surface area is 207 Å². The zero-order valence-electron chi connectivity index (χ0n) is 18.6. The number of rotatable bonds is 7. The van der Waals surface area contributed by atoms with Gasteiger partial charge in [0, 0.05) is 10.6 Å². The van der Waals surface area contributed by atoms with Crippen LogP contribution in [0.5, 0.6) is 5.75 Å². The average molecular weight is 498 g/mol. The van der Waals surface area contributed by atoms with E-state index in [1.807, 2.05) is 32.0 Å². The number of nitrogens with one attached hydrogen (secondary N) is 1. The van der Waals surface area contributed by atoms with E-state index in [0.29, 0.717) is 45.9 Å². The number of benzene rings is 3. The summed E-state index contributed by atoms with van der Waals surface area (Å²) in [4.78, 5) is 12.8. The zero-order valence-corrected chi connectivity index (χ0v) is 20.1. The molecular weight excluding hydrogens is 476 g/mol. The Balaban J connectivity index is 1.41. The minimum Gasteiger partial charge on any atom is -0.487 e. The topological polar surface area (TPSA) is 56.2 Å². The Kier molecular flexibility index (Phi) is 7.20. The molecule has 1 amide bonds. The number of carbonyl (C=O) groups excluding carboxylic acids is 1. The lowest BCUT2D eigenvalue weighted by Gasteiger charge is -2.10. The third-order valence-corrected chi connectivity index (χ3v) is 5.88. The fourth-order valence-corrected chi connectivity index (χ4v) is 3.99. The number of hydrogen-bond acceptors (Lipinski definition) is 3. The summed E-state index contributed by atoms with van der Waals surface area (Å²) in [6.45, 7) is 4.41. The van der Waals surface area contributed by atoms with Gasteiger partial charge in [0.15, 0.2) is 0 Å². The number of amides is 1. The molecule has 0 aliphatic heterocycles. The summed E-state index contributed by atoms with van der Waals surface area (Å²) in [6, 6.07) is 18.5. The van der Waals surface area contributed by atoms with Gasteiger partial charge in [0.1, 0.15) is 18.2 Å². The lowest BCUT2D eigenvalue weighted by Crippen LogP contribution is -2.13. The first kappa shape index (κ1) is 23.8. The van der Waals surface area contributed by atoms with Crippen LogP contribution in [0.2, 0.25) is 10.0 Å². The second-order valence-electron chi connectivity index (χ2n) is 7.85. The van der Waals surface area contributed by atoms with Crippen molar-refractivity contribution in [1.29, 1.82) is 0 Å². The van der Waals surface area contributed by atoms with E-state index in [1.54, 1.807) is 41.1 Å². The summed E-state index contributed by atoms with van der Waals surface area (Å²) in [5, 5.41) is 8.43. The number of carbonyl (C=O) groups is 1. The summed E-state index contributed by atoms with van der Waals surface area (Å²) in [5.41, 5.74) is 4.31. The van der Waals surface area contributed by atoms with E-state index in [4.69, 9.17) is 27.9 Å². The molecule has 0 aliphatic carbocycles. The van der Waals surface area contributed by atoms with Crippen LogP contribution in [0.4, 0.5) is 10.1 Å². The molecule has 1 N–H and O–H groups in total. The van der Waals surface area contributed by atoms with Crippen LogP contribution >= 0.6 is 23.2 Å². The highest BCUT2D eigenvalue weighted by molar-refractivity contribution is 6.35. The van der Waals surface area contributed by atoms with Gasteiger partial charge in [-0.25, -0.2) is 4.39 Å². The van der Waals surface area contributed by atoms with Crippen molar-refractivity contribution < 1.29 is 13.9 Å². The first-order valence-corrected chi connectivity index (χ1v) is 11.3. The molecule has 4 aromatic rings. The van der Waals surface area contributed by atoms with Crippen LogP contribution in [0.1, 0.15) is 32.9 Å². The Bertz CT molecular complexity index is 1340. The molecule has 0 spiro atoms. The maximum absolute atomic E-state index is 13.5. The van der Waals surface area contributed by atoms with Gasteiger partial charge in [0.25, 0.3) is 5.91 Å². The maximum atomic E-state index is 13.5. The summed E-state index contributed by atoms with van der Waals surface area (Å²) < 4.78 is 21.0. The number of aromatic nitrogens is 2. The molecule has 5 nitrogen and oxygen atoms in total. The number of ether oxygens (including phenoxy) is 1. The molecule has 0 saturated heterocycles. The highest BCUT2D eigenvalue weighted by Crippen LogP contribution is 2.28. The van der Waals surface area contributed by atoms with Crippen molar-refractivity contribution in [2.45, 2.75) is 27.0 Å². The van der Waals surface area contributed by atoms with Crippen LogP contribution in [0.25, 0.3) is 0 Å². The van der Waals surface area contributed by atoms with Crippen molar-refractivity contribution in [3.05, 3.63) is 111 Å². The van der Waals surface area contributed by atoms with Crippen LogP contribution in [-0.2, 0) is 13.2 Å². The van der Waals surface area contributed by atoms with Gasteiger partial charge in [0.05, 0.1) is 28.6 Å². The smallest absolute Gasteiger partial charge is 0.255 e. The Hall–Kier alpha value is -3.35. The molecule has 34 heavy (non-hydrogen) atoms. The predicted molar refractivity (Wildman–Crippen MR) is 132 cm³/mol. The van der Waals surface area contributed by atoms with E-state index < -0.39 is 0 Å². The molecule has 1 heterocycles. The Morgan fingerprint density at radius 2 is 1.79 bits per heavy atom. The van der Waals surface area contributed by atoms with E-state index in [9.17, 15) is 9.18 Å². The summed E-state index contributed by atoms with van der Waals surface area (Å²) >= 11 is 12.0. The van der Waals surface area contributed by atoms with Crippen molar-refractivity contribution in [2.24, 2.45) is 0 Å². The van der Waals surface area contributed by atoms with Gasteiger partial charge in [-0.15, -0.1) is 0 Å². The molecule has 1 aromatic heterocycles. The molecule has 0 unspecified atom stereocenters. The number of halogens is 3. The van der Waals surface area contributed by atoms with Crippen molar-refractivity contribution in [1.82, 2.24) is 9.78 Å².